The molecule has 0 bridgehead atoms. The fourth-order valence-corrected chi connectivity index (χ4v) is 5.48. The van der Waals surface area contributed by atoms with Crippen LogP contribution >= 0.6 is 11.6 Å². The molecule has 0 aromatic heterocycles. The summed E-state index contributed by atoms with van der Waals surface area (Å²) in [5, 5.41) is 11.1. The fourth-order valence-electron chi connectivity index (χ4n) is 5.23. The first-order chi connectivity index (χ1) is 16.0. The molecule has 1 amide bonds. The standard InChI is InChI=1S/C25H35ClN2O5/c26-23-16-21(17-24(28(31)32)22(23)18-29)33-15-9-3-8-14-25(30)27(19-10-4-1-5-11-19)20-12-6-2-7-13-20/h16-20H,1-15H2. The Balaban J connectivity index is 1.45. The van der Waals surface area contributed by atoms with E-state index in [2.05, 4.69) is 4.90 Å². The predicted molar refractivity (Wildman–Crippen MR) is 128 cm³/mol. The molecule has 2 aliphatic carbocycles. The topological polar surface area (TPSA) is 89.8 Å². The van der Waals surface area contributed by atoms with Crippen molar-refractivity contribution in [1.82, 2.24) is 4.90 Å². The minimum atomic E-state index is -0.640. The minimum Gasteiger partial charge on any atom is -0.493 e. The molecule has 0 radical (unpaired) electrons. The van der Waals surface area contributed by atoms with E-state index in [4.69, 9.17) is 16.3 Å². The van der Waals surface area contributed by atoms with E-state index >= 15 is 0 Å². The van der Waals surface area contributed by atoms with Gasteiger partial charge in [0.15, 0.2) is 6.29 Å². The average molecular weight is 479 g/mol. The van der Waals surface area contributed by atoms with Crippen LogP contribution in [0.1, 0.15) is 100 Å². The molecule has 0 aliphatic heterocycles. The molecule has 7 nitrogen and oxygen atoms in total. The SMILES string of the molecule is O=Cc1c(Cl)cc(OCCCCCC(=O)N(C2CCCCC2)C2CCCCC2)cc1[N+](=O)[O-]. The molecule has 1 aromatic rings. The molecule has 2 aliphatic rings. The average Bonchev–Trinajstić information content (AvgIpc) is 2.82. The zero-order chi connectivity index (χ0) is 23.6. The largest absolute Gasteiger partial charge is 0.493 e. The maximum Gasteiger partial charge on any atom is 0.285 e. The van der Waals surface area contributed by atoms with Crippen molar-refractivity contribution in [3.05, 3.63) is 32.8 Å². The molecule has 3 rings (SSSR count). The molecule has 2 saturated carbocycles. The smallest absolute Gasteiger partial charge is 0.285 e. The van der Waals surface area contributed by atoms with Crippen molar-refractivity contribution in [2.24, 2.45) is 0 Å². The lowest BCUT2D eigenvalue weighted by molar-refractivity contribution is -0.385. The molecule has 182 valence electrons. The summed E-state index contributed by atoms with van der Waals surface area (Å²) in [7, 11) is 0. The van der Waals surface area contributed by atoms with E-state index in [1.54, 1.807) is 0 Å². The van der Waals surface area contributed by atoms with E-state index in [1.807, 2.05) is 0 Å². The molecule has 0 spiro atoms. The highest BCUT2D eigenvalue weighted by Crippen LogP contribution is 2.32. The number of unbranched alkanes of at least 4 members (excludes halogenated alkanes) is 2. The Morgan fingerprint density at radius 2 is 1.64 bits per heavy atom. The summed E-state index contributed by atoms with van der Waals surface area (Å²) in [6.45, 7) is 0.372. The van der Waals surface area contributed by atoms with Gasteiger partial charge in [-0.15, -0.1) is 0 Å². The zero-order valence-corrected chi connectivity index (χ0v) is 20.1. The van der Waals surface area contributed by atoms with Gasteiger partial charge in [-0.2, -0.15) is 0 Å². The van der Waals surface area contributed by atoms with Crippen LogP contribution in [0, 0.1) is 10.1 Å². The number of ether oxygens (including phenoxy) is 1. The lowest BCUT2D eigenvalue weighted by Crippen LogP contribution is -2.48. The number of carbonyl (C=O) groups excluding carboxylic acids is 2. The van der Waals surface area contributed by atoms with Gasteiger partial charge in [-0.3, -0.25) is 19.7 Å². The summed E-state index contributed by atoms with van der Waals surface area (Å²) in [6, 6.07) is 3.50. The van der Waals surface area contributed by atoms with Crippen LogP contribution in [0.3, 0.4) is 0 Å². The fraction of sp³-hybridized carbons (Fsp3) is 0.680. The molecule has 0 heterocycles. The number of rotatable bonds is 11. The predicted octanol–water partition coefficient (Wildman–Crippen LogP) is 6.49. The summed E-state index contributed by atoms with van der Waals surface area (Å²) in [5.41, 5.74) is -0.503. The molecular weight excluding hydrogens is 444 g/mol. The van der Waals surface area contributed by atoms with E-state index in [-0.39, 0.29) is 22.0 Å². The van der Waals surface area contributed by atoms with E-state index < -0.39 is 4.92 Å². The van der Waals surface area contributed by atoms with Crippen LogP contribution in [0.2, 0.25) is 5.02 Å². The number of benzene rings is 1. The van der Waals surface area contributed by atoms with Gasteiger partial charge >= 0.3 is 0 Å². The van der Waals surface area contributed by atoms with Crippen LogP contribution in [-0.4, -0.2) is 40.7 Å². The summed E-state index contributed by atoms with van der Waals surface area (Å²) < 4.78 is 5.62. The van der Waals surface area contributed by atoms with E-state index in [1.165, 1.54) is 50.7 Å². The molecule has 1 aromatic carbocycles. The van der Waals surface area contributed by atoms with Crippen molar-refractivity contribution >= 4 is 29.5 Å². The van der Waals surface area contributed by atoms with E-state index in [0.29, 0.717) is 37.3 Å². The number of nitrogens with zero attached hydrogens (tertiary/aromatic N) is 2. The first kappa shape index (κ1) is 25.5. The first-order valence-electron chi connectivity index (χ1n) is 12.4. The van der Waals surface area contributed by atoms with Crippen molar-refractivity contribution in [2.75, 3.05) is 6.61 Å². The van der Waals surface area contributed by atoms with Gasteiger partial charge in [-0.1, -0.05) is 50.1 Å². The third-order valence-electron chi connectivity index (χ3n) is 6.92. The highest BCUT2D eigenvalue weighted by atomic mass is 35.5. The molecule has 0 N–H and O–H groups in total. The van der Waals surface area contributed by atoms with Crippen molar-refractivity contribution < 1.29 is 19.2 Å². The summed E-state index contributed by atoms with van der Waals surface area (Å²) in [5.74, 6) is 0.579. The lowest BCUT2D eigenvalue weighted by Gasteiger charge is -2.42. The van der Waals surface area contributed by atoms with E-state index in [9.17, 15) is 19.7 Å². The Kier molecular flexibility index (Phi) is 9.97. The summed E-state index contributed by atoms with van der Waals surface area (Å²) >= 11 is 5.98. The normalized spacial score (nSPS) is 17.5. The quantitative estimate of drug-likeness (QED) is 0.157. The van der Waals surface area contributed by atoms with Gasteiger partial charge in [0.25, 0.3) is 5.69 Å². The molecule has 0 unspecified atom stereocenters. The van der Waals surface area contributed by atoms with Gasteiger partial charge in [0.1, 0.15) is 11.3 Å². The molecule has 0 saturated heterocycles. The van der Waals surface area contributed by atoms with Gasteiger partial charge in [-0.25, -0.2) is 0 Å². The summed E-state index contributed by atoms with van der Waals surface area (Å²) in [6.07, 6.45) is 15.4. The zero-order valence-electron chi connectivity index (χ0n) is 19.3. The van der Waals surface area contributed by atoms with Crippen LogP contribution in [0.4, 0.5) is 5.69 Å². The van der Waals surface area contributed by atoms with Crippen molar-refractivity contribution in [3.63, 3.8) is 0 Å². The Morgan fingerprint density at radius 3 is 2.18 bits per heavy atom. The number of nitro benzene ring substituents is 1. The minimum absolute atomic E-state index is 0.00492. The number of aldehydes is 1. The monoisotopic (exact) mass is 478 g/mol. The van der Waals surface area contributed by atoms with Gasteiger partial charge in [0.2, 0.25) is 5.91 Å². The number of amides is 1. The second-order valence-corrected chi connectivity index (χ2v) is 9.66. The van der Waals surface area contributed by atoms with Crippen molar-refractivity contribution in [2.45, 2.75) is 102 Å². The molecular formula is C25H35ClN2O5. The van der Waals surface area contributed by atoms with Gasteiger partial charge in [0.05, 0.1) is 22.6 Å². The lowest BCUT2D eigenvalue weighted by atomic mass is 9.88. The number of hydrogen-bond donors (Lipinski definition) is 0. The third kappa shape index (κ3) is 7.16. The van der Waals surface area contributed by atoms with Gasteiger partial charge in [-0.05, 0) is 51.0 Å². The Labute approximate surface area is 201 Å². The van der Waals surface area contributed by atoms with Gasteiger partial charge < -0.3 is 9.64 Å². The number of halogens is 1. The molecule has 2 fully saturated rings. The number of hydrogen-bond acceptors (Lipinski definition) is 5. The number of carbonyl (C=O) groups is 2. The van der Waals surface area contributed by atoms with Crippen LogP contribution in [-0.2, 0) is 4.79 Å². The van der Waals surface area contributed by atoms with Crippen LogP contribution < -0.4 is 4.74 Å². The molecule has 33 heavy (non-hydrogen) atoms. The second-order valence-electron chi connectivity index (χ2n) is 9.26. The molecule has 8 heteroatoms. The summed E-state index contributed by atoms with van der Waals surface area (Å²) in [4.78, 5) is 37.0. The van der Waals surface area contributed by atoms with Crippen LogP contribution in [0.15, 0.2) is 12.1 Å². The van der Waals surface area contributed by atoms with Crippen LogP contribution in [0.5, 0.6) is 5.75 Å². The highest BCUT2D eigenvalue weighted by Gasteiger charge is 2.31. The molecule has 0 atom stereocenters. The maximum atomic E-state index is 13.2. The van der Waals surface area contributed by atoms with Crippen molar-refractivity contribution in [3.8, 4) is 5.75 Å². The Morgan fingerprint density at radius 1 is 1.03 bits per heavy atom. The first-order valence-corrected chi connectivity index (χ1v) is 12.8. The van der Waals surface area contributed by atoms with Crippen molar-refractivity contribution in [1.29, 1.82) is 0 Å². The maximum absolute atomic E-state index is 13.2. The van der Waals surface area contributed by atoms with Crippen LogP contribution in [0.25, 0.3) is 0 Å². The third-order valence-corrected chi connectivity index (χ3v) is 7.24. The Bertz CT molecular complexity index is 801. The van der Waals surface area contributed by atoms with Gasteiger partial charge in [0, 0.05) is 18.5 Å². The van der Waals surface area contributed by atoms with E-state index in [0.717, 1.165) is 44.9 Å². The second kappa shape index (κ2) is 12.9. The highest BCUT2D eigenvalue weighted by molar-refractivity contribution is 6.33. The Hall–Kier alpha value is -2.15. The number of nitro groups is 1.